The van der Waals surface area contributed by atoms with E-state index in [1.807, 2.05) is 11.8 Å². The lowest BCUT2D eigenvalue weighted by molar-refractivity contribution is 0.402. The summed E-state index contributed by atoms with van der Waals surface area (Å²) in [6.07, 6.45) is 2.13. The van der Waals surface area contributed by atoms with Gasteiger partial charge in [0.05, 0.1) is 0 Å². The first-order chi connectivity index (χ1) is 6.22. The Morgan fingerprint density at radius 3 is 2.08 bits per heavy atom. The van der Waals surface area contributed by atoms with Gasteiger partial charge in [-0.15, -0.1) is 0 Å². The van der Waals surface area contributed by atoms with Gasteiger partial charge in [0, 0.05) is 12.3 Å². The molecule has 0 aliphatic carbocycles. The molecule has 0 unspecified atom stereocenters. The van der Waals surface area contributed by atoms with Crippen molar-refractivity contribution in [3.63, 3.8) is 0 Å². The molecule has 0 N–H and O–H groups in total. The molecule has 72 valence electrons. The number of rotatable bonds is 4. The molecule has 0 fully saturated rings. The molecular weight excluding hydrogens is 178 g/mol. The molecule has 1 aromatic rings. The molecule has 13 heavy (non-hydrogen) atoms. The Labute approximate surface area is 85.1 Å². The zero-order valence-corrected chi connectivity index (χ0v) is 9.40. The Morgan fingerprint density at radius 1 is 1.08 bits per heavy atom. The largest absolute Gasteiger partial charge is 0.305 e. The Balaban J connectivity index is 2.59. The van der Waals surface area contributed by atoms with Gasteiger partial charge in [-0.3, -0.25) is 0 Å². The molecule has 0 saturated heterocycles. The van der Waals surface area contributed by atoms with Crippen molar-refractivity contribution in [2.24, 2.45) is 0 Å². The lowest BCUT2D eigenvalue weighted by Crippen LogP contribution is -2.10. The first-order valence-corrected chi connectivity index (χ1v) is 5.83. The second-order valence-corrected chi connectivity index (χ2v) is 4.35. The average molecular weight is 195 g/mol. The molecule has 0 heterocycles. The molecule has 1 nitrogen and oxygen atoms in total. The van der Waals surface area contributed by atoms with Crippen LogP contribution in [0.15, 0.2) is 24.3 Å². The summed E-state index contributed by atoms with van der Waals surface area (Å²) in [6, 6.07) is 8.86. The van der Waals surface area contributed by atoms with E-state index < -0.39 is 0 Å². The van der Waals surface area contributed by atoms with Crippen LogP contribution in [0.2, 0.25) is 0 Å². The van der Waals surface area contributed by atoms with Crippen molar-refractivity contribution in [2.45, 2.75) is 12.3 Å². The molecule has 0 aromatic heterocycles. The minimum absolute atomic E-state index is 1.03. The summed E-state index contributed by atoms with van der Waals surface area (Å²) >= 11 is 1.86. The summed E-state index contributed by atoms with van der Waals surface area (Å²) in [4.78, 5) is 2.18. The van der Waals surface area contributed by atoms with E-state index in [1.54, 1.807) is 0 Å². The Kier molecular flexibility index (Phi) is 4.33. The molecule has 1 rings (SSSR count). The topological polar surface area (TPSA) is 3.24 Å². The van der Waals surface area contributed by atoms with Gasteiger partial charge in [0.25, 0.3) is 0 Å². The maximum atomic E-state index is 2.22. The summed E-state index contributed by atoms with van der Waals surface area (Å²) in [5.74, 6) is 1.11. The smallest absolute Gasteiger partial charge is 0.0227 e. The zero-order valence-electron chi connectivity index (χ0n) is 8.58. The highest BCUT2D eigenvalue weighted by Crippen LogP contribution is 2.11. The van der Waals surface area contributed by atoms with Crippen molar-refractivity contribution < 1.29 is 0 Å². The summed E-state index contributed by atoms with van der Waals surface area (Å²) in [6.45, 7) is 1.03. The predicted octanol–water partition coefficient (Wildman–Crippen LogP) is 2.61. The fourth-order valence-corrected chi connectivity index (χ4v) is 1.80. The first-order valence-electron chi connectivity index (χ1n) is 4.44. The Morgan fingerprint density at radius 2 is 1.62 bits per heavy atom. The number of nitrogens with zero attached hydrogens (tertiary/aromatic N) is 1. The van der Waals surface area contributed by atoms with E-state index in [9.17, 15) is 0 Å². The van der Waals surface area contributed by atoms with Gasteiger partial charge in [-0.1, -0.05) is 24.3 Å². The molecule has 0 aliphatic heterocycles. The number of hydrogen-bond acceptors (Lipinski definition) is 2. The summed E-state index contributed by atoms with van der Waals surface area (Å²) < 4.78 is 0. The highest BCUT2D eigenvalue weighted by atomic mass is 32.2. The second kappa shape index (κ2) is 5.30. The van der Waals surface area contributed by atoms with Crippen LogP contribution in [0.4, 0.5) is 0 Å². The van der Waals surface area contributed by atoms with Gasteiger partial charge in [-0.05, 0) is 31.5 Å². The number of hydrogen-bond donors (Lipinski definition) is 0. The van der Waals surface area contributed by atoms with Crippen LogP contribution in [-0.4, -0.2) is 25.3 Å². The van der Waals surface area contributed by atoms with E-state index in [0.717, 1.165) is 12.3 Å². The fourth-order valence-electron chi connectivity index (χ4n) is 1.27. The minimum atomic E-state index is 1.03. The molecule has 0 aliphatic rings. The van der Waals surface area contributed by atoms with E-state index in [0.29, 0.717) is 0 Å². The molecule has 0 bridgehead atoms. The van der Waals surface area contributed by atoms with Crippen LogP contribution >= 0.6 is 11.8 Å². The average Bonchev–Trinajstić information content (AvgIpc) is 2.08. The maximum Gasteiger partial charge on any atom is 0.0227 e. The van der Waals surface area contributed by atoms with E-state index in [4.69, 9.17) is 0 Å². The highest BCUT2D eigenvalue weighted by Gasteiger charge is 1.95. The highest BCUT2D eigenvalue weighted by molar-refractivity contribution is 7.97. The van der Waals surface area contributed by atoms with E-state index in [2.05, 4.69) is 49.5 Å². The van der Waals surface area contributed by atoms with Gasteiger partial charge < -0.3 is 4.90 Å². The maximum absolute atomic E-state index is 2.22. The Hall–Kier alpha value is -0.470. The van der Waals surface area contributed by atoms with Crippen LogP contribution in [0, 0.1) is 0 Å². The molecule has 0 spiro atoms. The Bertz CT molecular complexity index is 241. The van der Waals surface area contributed by atoms with Crippen molar-refractivity contribution in [1.29, 1.82) is 0 Å². The van der Waals surface area contributed by atoms with E-state index >= 15 is 0 Å². The monoisotopic (exact) mass is 195 g/mol. The lowest BCUT2D eigenvalue weighted by atomic mass is 10.1. The molecule has 1 aromatic carbocycles. The van der Waals surface area contributed by atoms with E-state index in [1.165, 1.54) is 11.1 Å². The van der Waals surface area contributed by atoms with Crippen molar-refractivity contribution >= 4 is 11.8 Å². The van der Waals surface area contributed by atoms with Crippen molar-refractivity contribution in [3.8, 4) is 0 Å². The van der Waals surface area contributed by atoms with Crippen molar-refractivity contribution in [1.82, 2.24) is 4.90 Å². The van der Waals surface area contributed by atoms with Crippen LogP contribution in [-0.2, 0) is 12.3 Å². The molecule has 0 saturated carbocycles. The quantitative estimate of drug-likeness (QED) is 0.726. The van der Waals surface area contributed by atoms with Crippen LogP contribution in [0.5, 0.6) is 0 Å². The van der Waals surface area contributed by atoms with Crippen LogP contribution in [0.25, 0.3) is 0 Å². The van der Waals surface area contributed by atoms with Crippen molar-refractivity contribution in [2.75, 3.05) is 20.4 Å². The van der Waals surface area contributed by atoms with Gasteiger partial charge in [0.15, 0.2) is 0 Å². The normalized spacial score (nSPS) is 10.8. The zero-order chi connectivity index (χ0) is 9.68. The van der Waals surface area contributed by atoms with Crippen LogP contribution in [0.3, 0.4) is 0 Å². The third kappa shape index (κ3) is 3.83. The molecule has 0 radical (unpaired) electrons. The summed E-state index contributed by atoms with van der Waals surface area (Å²) in [5.41, 5.74) is 2.80. The standard InChI is InChI=1S/C11H17NS/c1-12(2)8-10-4-6-11(7-5-10)9-13-3/h4-7H,8-9H2,1-3H3. The fraction of sp³-hybridized carbons (Fsp3) is 0.455. The predicted molar refractivity (Wildman–Crippen MR) is 61.1 cm³/mol. The lowest BCUT2D eigenvalue weighted by Gasteiger charge is -2.09. The van der Waals surface area contributed by atoms with E-state index in [-0.39, 0.29) is 0 Å². The first kappa shape index (κ1) is 10.6. The molecule has 0 atom stereocenters. The summed E-state index contributed by atoms with van der Waals surface area (Å²) in [7, 11) is 4.19. The van der Waals surface area contributed by atoms with Crippen LogP contribution in [0.1, 0.15) is 11.1 Å². The minimum Gasteiger partial charge on any atom is -0.305 e. The van der Waals surface area contributed by atoms with Crippen LogP contribution < -0.4 is 0 Å². The summed E-state index contributed by atoms with van der Waals surface area (Å²) in [5, 5.41) is 0. The molecule has 0 amide bonds. The second-order valence-electron chi connectivity index (χ2n) is 3.49. The third-order valence-electron chi connectivity index (χ3n) is 1.83. The SMILES string of the molecule is CSCc1ccc(CN(C)C)cc1. The number of thioether (sulfide) groups is 1. The van der Waals surface area contributed by atoms with Gasteiger partial charge in [0.1, 0.15) is 0 Å². The molecular formula is C11H17NS. The van der Waals surface area contributed by atoms with Gasteiger partial charge in [-0.25, -0.2) is 0 Å². The van der Waals surface area contributed by atoms with Gasteiger partial charge in [-0.2, -0.15) is 11.8 Å². The number of benzene rings is 1. The van der Waals surface area contributed by atoms with Gasteiger partial charge in [0.2, 0.25) is 0 Å². The van der Waals surface area contributed by atoms with Gasteiger partial charge >= 0.3 is 0 Å². The molecule has 2 heteroatoms. The third-order valence-corrected chi connectivity index (χ3v) is 2.45. The van der Waals surface area contributed by atoms with Crippen molar-refractivity contribution in [3.05, 3.63) is 35.4 Å².